The van der Waals surface area contributed by atoms with Gasteiger partial charge in [-0.25, -0.2) is 0 Å². The van der Waals surface area contributed by atoms with Crippen LogP contribution in [0.5, 0.6) is 0 Å². The molecular formula is C31H30N8O4. The molecule has 1 unspecified atom stereocenters. The van der Waals surface area contributed by atoms with E-state index in [0.717, 1.165) is 70.7 Å². The largest absolute Gasteiger partial charge is 0.385 e. The molecule has 3 fully saturated rings. The number of amides is 4. The van der Waals surface area contributed by atoms with Gasteiger partial charge in [0, 0.05) is 55.0 Å². The highest BCUT2D eigenvalue weighted by molar-refractivity contribution is 6.23. The first kappa shape index (κ1) is 25.8. The van der Waals surface area contributed by atoms with Crippen LogP contribution in [0.25, 0.3) is 22.2 Å². The van der Waals surface area contributed by atoms with E-state index in [9.17, 15) is 19.2 Å². The van der Waals surface area contributed by atoms with Crippen molar-refractivity contribution in [3.63, 3.8) is 0 Å². The van der Waals surface area contributed by atoms with Crippen molar-refractivity contribution in [2.24, 2.45) is 13.0 Å². The van der Waals surface area contributed by atoms with Gasteiger partial charge >= 0.3 is 0 Å². The molecule has 1 atom stereocenters. The van der Waals surface area contributed by atoms with Crippen molar-refractivity contribution >= 4 is 40.2 Å². The van der Waals surface area contributed by atoms with E-state index in [1.54, 1.807) is 18.2 Å². The maximum Gasteiger partial charge on any atom is 0.262 e. The fourth-order valence-corrected chi connectivity index (χ4v) is 6.57. The lowest BCUT2D eigenvalue weighted by Crippen LogP contribution is -2.54. The Balaban J connectivity index is 0.925. The van der Waals surface area contributed by atoms with Crippen LogP contribution in [0.3, 0.4) is 0 Å². The Hall–Kier alpha value is -4.87. The first-order valence-electron chi connectivity index (χ1n) is 14.8. The first-order chi connectivity index (χ1) is 20.8. The zero-order chi connectivity index (χ0) is 29.4. The van der Waals surface area contributed by atoms with E-state index in [4.69, 9.17) is 10.1 Å². The molecule has 2 aliphatic heterocycles. The second-order valence-electron chi connectivity index (χ2n) is 12.2. The van der Waals surface area contributed by atoms with E-state index >= 15 is 0 Å². The molecule has 12 nitrogen and oxygen atoms in total. The summed E-state index contributed by atoms with van der Waals surface area (Å²) in [5, 5.41) is 16.1. The van der Waals surface area contributed by atoms with E-state index in [-0.39, 0.29) is 24.0 Å². The summed E-state index contributed by atoms with van der Waals surface area (Å²) in [4.78, 5) is 55.7. The number of carbonyl (C=O) groups is 4. The second-order valence-corrected chi connectivity index (χ2v) is 12.2. The van der Waals surface area contributed by atoms with E-state index in [2.05, 4.69) is 32.7 Å². The molecule has 8 rings (SSSR count). The molecule has 4 amide bonds. The van der Waals surface area contributed by atoms with Crippen molar-refractivity contribution in [3.05, 3.63) is 59.7 Å². The minimum atomic E-state index is -0.967. The Labute approximate surface area is 246 Å². The highest BCUT2D eigenvalue weighted by atomic mass is 16.2. The lowest BCUT2D eigenvalue weighted by molar-refractivity contribution is -0.136. The Morgan fingerprint density at radius 3 is 2.58 bits per heavy atom. The summed E-state index contributed by atoms with van der Waals surface area (Å²) in [5.41, 5.74) is 5.54. The number of nitrogens with one attached hydrogen (secondary N) is 2. The molecule has 0 radical (unpaired) electrons. The van der Waals surface area contributed by atoms with Crippen molar-refractivity contribution in [2.45, 2.75) is 56.5 Å². The van der Waals surface area contributed by atoms with Gasteiger partial charge in [0.05, 0.1) is 40.3 Å². The van der Waals surface area contributed by atoms with Crippen molar-refractivity contribution in [2.75, 3.05) is 11.9 Å². The third kappa shape index (κ3) is 4.31. The second kappa shape index (κ2) is 9.58. The average Bonchev–Trinajstić information content (AvgIpc) is 3.56. The molecule has 4 aliphatic rings. The predicted octanol–water partition coefficient (Wildman–Crippen LogP) is 3.17. The molecule has 3 aromatic heterocycles. The predicted molar refractivity (Wildman–Crippen MR) is 155 cm³/mol. The van der Waals surface area contributed by atoms with Crippen LogP contribution in [0.15, 0.2) is 42.9 Å². The number of piperidine rings is 1. The quantitative estimate of drug-likeness (QED) is 0.318. The summed E-state index contributed by atoms with van der Waals surface area (Å²) in [6.07, 6.45) is 10.4. The fraction of sp³-hybridized carbons (Fsp3) is 0.387. The van der Waals surface area contributed by atoms with Gasteiger partial charge < -0.3 is 5.32 Å². The van der Waals surface area contributed by atoms with Crippen LogP contribution >= 0.6 is 0 Å². The van der Waals surface area contributed by atoms with E-state index in [1.165, 1.54) is 0 Å². The summed E-state index contributed by atoms with van der Waals surface area (Å²) in [6.45, 7) is 0.733. The van der Waals surface area contributed by atoms with Gasteiger partial charge in [-0.2, -0.15) is 10.2 Å². The number of benzene rings is 1. The Morgan fingerprint density at radius 1 is 0.977 bits per heavy atom. The van der Waals surface area contributed by atoms with E-state index < -0.39 is 29.7 Å². The highest BCUT2D eigenvalue weighted by Gasteiger charge is 2.44. The topological polar surface area (TPSA) is 144 Å². The molecule has 2 aliphatic carbocycles. The number of imide groups is 2. The summed E-state index contributed by atoms with van der Waals surface area (Å²) < 4.78 is 3.99. The SMILES string of the molecule is Cn1ncc2cnc(-c3cn(C4CC(CNc5ccc6c(c5)C(=O)N(C5CCC(=O)NC5=O)C6=O)C4)nc3C3CC3)cc21. The maximum atomic E-state index is 13.1. The molecule has 1 saturated heterocycles. The molecular weight excluding hydrogens is 548 g/mol. The van der Waals surface area contributed by atoms with Crippen LogP contribution in [0.2, 0.25) is 0 Å². The van der Waals surface area contributed by atoms with Crippen LogP contribution in [-0.2, 0) is 16.6 Å². The number of rotatable bonds is 7. The number of nitrogens with zero attached hydrogens (tertiary/aromatic N) is 6. The summed E-state index contributed by atoms with van der Waals surface area (Å²) >= 11 is 0. The molecule has 218 valence electrons. The molecule has 4 aromatic rings. The number of aromatic nitrogens is 5. The molecule has 1 aromatic carbocycles. The van der Waals surface area contributed by atoms with E-state index in [0.29, 0.717) is 17.9 Å². The normalized spacial score (nSPS) is 23.5. The molecule has 5 heterocycles. The van der Waals surface area contributed by atoms with Gasteiger partial charge in [-0.15, -0.1) is 0 Å². The minimum Gasteiger partial charge on any atom is -0.385 e. The zero-order valence-electron chi connectivity index (χ0n) is 23.6. The maximum absolute atomic E-state index is 13.1. The van der Waals surface area contributed by atoms with Crippen molar-refractivity contribution in [1.29, 1.82) is 0 Å². The molecule has 2 saturated carbocycles. The number of hydrogen-bond acceptors (Lipinski definition) is 8. The van der Waals surface area contributed by atoms with Gasteiger partial charge in [-0.3, -0.25) is 43.7 Å². The lowest BCUT2D eigenvalue weighted by atomic mass is 9.80. The van der Waals surface area contributed by atoms with Crippen LogP contribution in [0.4, 0.5) is 5.69 Å². The summed E-state index contributed by atoms with van der Waals surface area (Å²) in [7, 11) is 1.94. The highest BCUT2D eigenvalue weighted by Crippen LogP contribution is 2.46. The zero-order valence-corrected chi connectivity index (χ0v) is 23.6. The Bertz CT molecular complexity index is 1850. The van der Waals surface area contributed by atoms with Crippen molar-refractivity contribution < 1.29 is 19.2 Å². The number of anilines is 1. The van der Waals surface area contributed by atoms with E-state index in [1.807, 2.05) is 24.1 Å². The van der Waals surface area contributed by atoms with Gasteiger partial charge in [-0.1, -0.05) is 0 Å². The van der Waals surface area contributed by atoms with Gasteiger partial charge in [-0.05, 0) is 62.3 Å². The van der Waals surface area contributed by atoms with Crippen LogP contribution < -0.4 is 10.6 Å². The number of aryl methyl sites for hydroxylation is 1. The molecule has 0 bridgehead atoms. The standard InChI is InChI=1S/C31H30N8O4/c1-37-26-11-24(33-13-18(26)14-34-37)23-15-38(36-28(23)17-2-3-17)20-8-16(9-20)12-32-19-4-5-21-22(10-19)31(43)39(30(21)42)25-6-7-27(40)35-29(25)41/h4-5,10-11,13-17,20,25,32H,2-3,6-9,12H2,1H3,(H,35,40,41). The van der Waals surface area contributed by atoms with Crippen LogP contribution in [0.1, 0.15) is 76.9 Å². The first-order valence-corrected chi connectivity index (χ1v) is 14.8. The average molecular weight is 579 g/mol. The third-order valence-corrected chi connectivity index (χ3v) is 9.25. The number of carbonyl (C=O) groups excluding carboxylic acids is 4. The molecule has 43 heavy (non-hydrogen) atoms. The molecule has 0 spiro atoms. The Morgan fingerprint density at radius 2 is 1.79 bits per heavy atom. The number of fused-ring (bicyclic) bond motifs is 2. The van der Waals surface area contributed by atoms with Crippen LogP contribution in [-0.4, -0.2) is 65.7 Å². The van der Waals surface area contributed by atoms with Gasteiger partial charge in [0.15, 0.2) is 0 Å². The van der Waals surface area contributed by atoms with Crippen molar-refractivity contribution in [3.8, 4) is 11.3 Å². The molecule has 12 heteroatoms. The van der Waals surface area contributed by atoms with Gasteiger partial charge in [0.2, 0.25) is 11.8 Å². The Kier molecular flexibility index (Phi) is 5.75. The lowest BCUT2D eigenvalue weighted by Gasteiger charge is -2.35. The smallest absolute Gasteiger partial charge is 0.262 e. The minimum absolute atomic E-state index is 0.0959. The summed E-state index contributed by atoms with van der Waals surface area (Å²) in [6, 6.07) is 6.56. The summed E-state index contributed by atoms with van der Waals surface area (Å²) in [5.74, 6) is -1.06. The third-order valence-electron chi connectivity index (χ3n) is 9.25. The monoisotopic (exact) mass is 578 g/mol. The van der Waals surface area contributed by atoms with Crippen LogP contribution in [0, 0.1) is 5.92 Å². The fourth-order valence-electron chi connectivity index (χ4n) is 6.57. The number of pyridine rings is 1. The number of hydrogen-bond donors (Lipinski definition) is 2. The molecule has 2 N–H and O–H groups in total. The van der Waals surface area contributed by atoms with Crippen molar-refractivity contribution in [1.82, 2.24) is 34.8 Å². The van der Waals surface area contributed by atoms with Gasteiger partial charge in [0.1, 0.15) is 6.04 Å². The van der Waals surface area contributed by atoms with Gasteiger partial charge in [0.25, 0.3) is 11.8 Å².